The van der Waals surface area contributed by atoms with Crippen molar-refractivity contribution in [1.82, 2.24) is 0 Å². The van der Waals surface area contributed by atoms with Crippen LogP contribution in [0.2, 0.25) is 0 Å². The number of hydrogen-bond donors (Lipinski definition) is 0. The summed E-state index contributed by atoms with van der Waals surface area (Å²) < 4.78 is 11.6. The van der Waals surface area contributed by atoms with Gasteiger partial charge in [0, 0.05) is 18.3 Å². The van der Waals surface area contributed by atoms with E-state index in [-0.39, 0.29) is 17.5 Å². The molecule has 1 fully saturated rings. The summed E-state index contributed by atoms with van der Waals surface area (Å²) in [5.41, 5.74) is 1.36. The summed E-state index contributed by atoms with van der Waals surface area (Å²) >= 11 is 0. The van der Waals surface area contributed by atoms with Gasteiger partial charge in [0.25, 0.3) is 0 Å². The number of allylic oxidation sites excluding steroid dienone is 1. The van der Waals surface area contributed by atoms with Crippen molar-refractivity contribution in [2.45, 2.75) is 47.6 Å². The zero-order valence-corrected chi connectivity index (χ0v) is 13.6. The van der Waals surface area contributed by atoms with E-state index >= 15 is 0 Å². The number of fused-ring (bicyclic) bond motifs is 2. The van der Waals surface area contributed by atoms with Gasteiger partial charge in [0.2, 0.25) is 0 Å². The number of carbonyl (C=O) groups excluding carboxylic acids is 1. The van der Waals surface area contributed by atoms with E-state index in [0.29, 0.717) is 36.9 Å². The maximum Gasteiger partial charge on any atom is 0.302 e. The first kappa shape index (κ1) is 15.6. The highest BCUT2D eigenvalue weighted by molar-refractivity contribution is 5.65. The molecule has 3 heteroatoms. The minimum absolute atomic E-state index is 0.0682. The fraction of sp³-hybridized carbons (Fsp3) is 0.824. The molecule has 5 atom stereocenters. The van der Waals surface area contributed by atoms with Crippen molar-refractivity contribution in [3.8, 4) is 0 Å². The van der Waals surface area contributed by atoms with Gasteiger partial charge in [-0.15, -0.1) is 0 Å². The molecule has 2 bridgehead atoms. The van der Waals surface area contributed by atoms with E-state index in [1.54, 1.807) is 0 Å². The lowest BCUT2D eigenvalue weighted by Gasteiger charge is -2.56. The van der Waals surface area contributed by atoms with Crippen LogP contribution in [0.5, 0.6) is 0 Å². The van der Waals surface area contributed by atoms with Gasteiger partial charge in [-0.25, -0.2) is 0 Å². The van der Waals surface area contributed by atoms with Gasteiger partial charge in [0.1, 0.15) is 0 Å². The number of ether oxygens (including phenoxy) is 2. The quantitative estimate of drug-likeness (QED) is 0.587. The van der Waals surface area contributed by atoms with Gasteiger partial charge < -0.3 is 9.47 Å². The molecule has 2 rings (SSSR count). The topological polar surface area (TPSA) is 35.5 Å². The lowest BCUT2D eigenvalue weighted by Crippen LogP contribution is -2.57. The Morgan fingerprint density at radius 2 is 2.15 bits per heavy atom. The fourth-order valence-electron chi connectivity index (χ4n) is 4.15. The summed E-state index contributed by atoms with van der Waals surface area (Å²) in [5, 5.41) is 0. The Labute approximate surface area is 122 Å². The largest absolute Gasteiger partial charge is 0.465 e. The smallest absolute Gasteiger partial charge is 0.302 e. The van der Waals surface area contributed by atoms with Gasteiger partial charge in [0.15, 0.2) is 0 Å². The van der Waals surface area contributed by atoms with Crippen LogP contribution < -0.4 is 0 Å². The third kappa shape index (κ3) is 2.41. The van der Waals surface area contributed by atoms with Crippen LogP contribution in [0.25, 0.3) is 0 Å². The van der Waals surface area contributed by atoms with Gasteiger partial charge in [0.05, 0.1) is 19.3 Å². The van der Waals surface area contributed by atoms with Crippen molar-refractivity contribution in [2.75, 3.05) is 13.2 Å². The third-order valence-corrected chi connectivity index (χ3v) is 5.49. The Morgan fingerprint density at radius 1 is 1.50 bits per heavy atom. The van der Waals surface area contributed by atoms with Crippen LogP contribution in [0.3, 0.4) is 0 Å². The second-order valence-corrected chi connectivity index (χ2v) is 7.05. The Balaban J connectivity index is 2.33. The molecule has 0 amide bonds. The van der Waals surface area contributed by atoms with Crippen LogP contribution in [0.1, 0.15) is 41.5 Å². The van der Waals surface area contributed by atoms with Gasteiger partial charge >= 0.3 is 5.97 Å². The van der Waals surface area contributed by atoms with Crippen molar-refractivity contribution in [2.24, 2.45) is 29.1 Å². The molecule has 0 aromatic heterocycles. The molecule has 0 radical (unpaired) electrons. The molecule has 2 aliphatic rings. The number of esters is 1. The zero-order chi connectivity index (χ0) is 15.1. The summed E-state index contributed by atoms with van der Waals surface area (Å²) in [5.74, 6) is 1.60. The molecule has 0 spiro atoms. The molecule has 0 aromatic rings. The molecule has 1 heterocycles. The minimum Gasteiger partial charge on any atom is -0.465 e. The van der Waals surface area contributed by atoms with Gasteiger partial charge in [-0.3, -0.25) is 4.79 Å². The molecule has 1 aliphatic carbocycles. The fourth-order valence-corrected chi connectivity index (χ4v) is 4.15. The number of carbonyl (C=O) groups is 1. The second-order valence-electron chi connectivity index (χ2n) is 7.05. The standard InChI is InChI=1S/C17H28O3/c1-10(2)16-15-11(3)7-12(4)17(9-20-16,13(15)5)8-19-14(6)18/h7,10,12-13,15-16H,8-9H2,1-6H3/t12-,13-,15-,16-,17-/m1/s1. The van der Waals surface area contributed by atoms with E-state index in [9.17, 15) is 4.79 Å². The summed E-state index contributed by atoms with van der Waals surface area (Å²) in [6, 6.07) is 0. The molecule has 0 N–H and O–H groups in total. The Bertz CT molecular complexity index is 412. The molecule has 114 valence electrons. The van der Waals surface area contributed by atoms with Crippen LogP contribution in [0.15, 0.2) is 11.6 Å². The van der Waals surface area contributed by atoms with Crippen LogP contribution in [0.4, 0.5) is 0 Å². The van der Waals surface area contributed by atoms with Crippen LogP contribution in [0, 0.1) is 29.1 Å². The predicted octanol–water partition coefficient (Wildman–Crippen LogP) is 3.44. The van der Waals surface area contributed by atoms with E-state index in [2.05, 4.69) is 40.7 Å². The first-order valence-corrected chi connectivity index (χ1v) is 7.73. The maximum atomic E-state index is 11.2. The highest BCUT2D eigenvalue weighted by Crippen LogP contribution is 2.53. The molecule has 20 heavy (non-hydrogen) atoms. The minimum atomic E-state index is -0.201. The normalized spacial score (nSPS) is 40.5. The summed E-state index contributed by atoms with van der Waals surface area (Å²) in [6.45, 7) is 13.8. The molecular formula is C17H28O3. The summed E-state index contributed by atoms with van der Waals surface area (Å²) in [7, 11) is 0. The monoisotopic (exact) mass is 280 g/mol. The Hall–Kier alpha value is -0.830. The zero-order valence-electron chi connectivity index (χ0n) is 13.6. The van der Waals surface area contributed by atoms with E-state index in [0.717, 1.165) is 0 Å². The predicted molar refractivity (Wildman–Crippen MR) is 79.2 cm³/mol. The molecule has 0 unspecified atom stereocenters. The number of hydrogen-bond acceptors (Lipinski definition) is 3. The molecule has 3 nitrogen and oxygen atoms in total. The van der Waals surface area contributed by atoms with E-state index in [1.807, 2.05) is 0 Å². The van der Waals surface area contributed by atoms with Crippen molar-refractivity contribution < 1.29 is 14.3 Å². The average Bonchev–Trinajstić information content (AvgIpc) is 2.34. The Kier molecular flexibility index (Phi) is 4.29. The van der Waals surface area contributed by atoms with Gasteiger partial charge in [-0.05, 0) is 24.7 Å². The van der Waals surface area contributed by atoms with Gasteiger partial charge in [-0.1, -0.05) is 39.3 Å². The highest BCUT2D eigenvalue weighted by atomic mass is 16.5. The second kappa shape index (κ2) is 5.51. The van der Waals surface area contributed by atoms with Gasteiger partial charge in [-0.2, -0.15) is 0 Å². The summed E-state index contributed by atoms with van der Waals surface area (Å²) in [6.07, 6.45) is 2.64. The lowest BCUT2D eigenvalue weighted by atomic mass is 9.55. The summed E-state index contributed by atoms with van der Waals surface area (Å²) in [4.78, 5) is 11.2. The van der Waals surface area contributed by atoms with Crippen LogP contribution in [-0.2, 0) is 14.3 Å². The van der Waals surface area contributed by atoms with Crippen molar-refractivity contribution in [3.63, 3.8) is 0 Å². The molecular weight excluding hydrogens is 252 g/mol. The molecule has 0 saturated carbocycles. The average molecular weight is 280 g/mol. The lowest BCUT2D eigenvalue weighted by molar-refractivity contribution is -0.186. The highest BCUT2D eigenvalue weighted by Gasteiger charge is 2.54. The first-order valence-electron chi connectivity index (χ1n) is 7.73. The maximum absolute atomic E-state index is 11.2. The van der Waals surface area contributed by atoms with Crippen molar-refractivity contribution in [3.05, 3.63) is 11.6 Å². The van der Waals surface area contributed by atoms with Crippen LogP contribution in [-0.4, -0.2) is 25.3 Å². The molecule has 1 saturated heterocycles. The first-order chi connectivity index (χ1) is 9.29. The van der Waals surface area contributed by atoms with Crippen molar-refractivity contribution >= 4 is 5.97 Å². The van der Waals surface area contributed by atoms with Crippen molar-refractivity contribution in [1.29, 1.82) is 0 Å². The van der Waals surface area contributed by atoms with Crippen LogP contribution >= 0.6 is 0 Å². The molecule has 0 aromatic carbocycles. The van der Waals surface area contributed by atoms with E-state index in [1.165, 1.54) is 12.5 Å². The van der Waals surface area contributed by atoms with E-state index in [4.69, 9.17) is 9.47 Å². The van der Waals surface area contributed by atoms with E-state index < -0.39 is 0 Å². The SMILES string of the molecule is CC(=O)OC[C@@]12CO[C@H](C(C)C)[C@H](C(C)=C[C@H]1C)[C@H]2C. The third-order valence-electron chi connectivity index (χ3n) is 5.49. The Morgan fingerprint density at radius 3 is 2.70 bits per heavy atom. The number of rotatable bonds is 3. The molecule has 1 aliphatic heterocycles.